The first-order chi connectivity index (χ1) is 7.54. The van der Waals surface area contributed by atoms with Crippen LogP contribution in [0, 0.1) is 14.9 Å². The molecule has 0 spiro atoms. The summed E-state index contributed by atoms with van der Waals surface area (Å²) in [5, 5.41) is 11.3. The predicted molar refractivity (Wildman–Crippen MR) is 74.0 cm³/mol. The van der Waals surface area contributed by atoms with Crippen molar-refractivity contribution in [3.05, 3.63) is 31.8 Å². The summed E-state index contributed by atoms with van der Waals surface area (Å²) >= 11 is 5.48. The maximum Gasteiger partial charge on any atom is 0.252 e. The summed E-state index contributed by atoms with van der Waals surface area (Å²) in [5.41, 5.74) is 0.594. The zero-order valence-electron chi connectivity index (χ0n) is 8.63. The number of carbonyl (C=O) groups is 1. The Bertz CT molecular complexity index is 442. The van der Waals surface area contributed by atoms with Gasteiger partial charge in [-0.3, -0.25) is 4.79 Å². The third-order valence-corrected chi connectivity index (χ3v) is 3.31. The number of hydrogen-bond acceptors (Lipinski definition) is 2. The van der Waals surface area contributed by atoms with E-state index < -0.39 is 0 Å². The lowest BCUT2D eigenvalue weighted by molar-refractivity contribution is 0.0940. The topological polar surface area (TPSA) is 52.9 Å². The van der Waals surface area contributed by atoms with Crippen LogP contribution < -0.4 is 5.32 Å². The molecule has 0 aliphatic heterocycles. The van der Waals surface area contributed by atoms with E-state index in [1.54, 1.807) is 6.07 Å². The fourth-order valence-corrected chi connectivity index (χ4v) is 2.08. The van der Waals surface area contributed by atoms with Crippen LogP contribution in [0.25, 0.3) is 0 Å². The first-order valence-corrected chi connectivity index (χ1v) is 6.54. The smallest absolute Gasteiger partial charge is 0.252 e. The van der Waals surface area contributed by atoms with Crippen LogP contribution in [0.5, 0.6) is 0 Å². The highest BCUT2D eigenvalue weighted by molar-refractivity contribution is 14.1. The van der Waals surface area contributed by atoms with Gasteiger partial charge in [-0.2, -0.15) is 5.26 Å². The zero-order valence-corrected chi connectivity index (χ0v) is 12.4. The van der Waals surface area contributed by atoms with E-state index in [9.17, 15) is 4.79 Å². The van der Waals surface area contributed by atoms with Crippen molar-refractivity contribution in [2.45, 2.75) is 19.4 Å². The van der Waals surface area contributed by atoms with Gasteiger partial charge in [-0.05, 0) is 63.6 Å². The molecule has 16 heavy (non-hydrogen) atoms. The van der Waals surface area contributed by atoms with Gasteiger partial charge in [0.05, 0.1) is 18.1 Å². The van der Waals surface area contributed by atoms with Gasteiger partial charge in [0.25, 0.3) is 5.91 Å². The number of nitrogens with one attached hydrogen (secondary N) is 1. The molecule has 1 aromatic carbocycles. The minimum Gasteiger partial charge on any atom is -0.349 e. The minimum atomic E-state index is -0.159. The average Bonchev–Trinajstić information content (AvgIpc) is 2.21. The van der Waals surface area contributed by atoms with E-state index in [1.165, 1.54) is 0 Å². The van der Waals surface area contributed by atoms with Crippen molar-refractivity contribution in [1.82, 2.24) is 5.32 Å². The zero-order chi connectivity index (χ0) is 12.1. The molecule has 0 aliphatic carbocycles. The van der Waals surface area contributed by atoms with Crippen molar-refractivity contribution in [2.75, 3.05) is 0 Å². The van der Waals surface area contributed by atoms with Crippen molar-refractivity contribution in [3.63, 3.8) is 0 Å². The van der Waals surface area contributed by atoms with E-state index in [-0.39, 0.29) is 11.9 Å². The third-order valence-electron chi connectivity index (χ3n) is 1.95. The summed E-state index contributed by atoms with van der Waals surface area (Å²) in [6, 6.07) is 7.45. The summed E-state index contributed by atoms with van der Waals surface area (Å²) in [7, 11) is 0. The van der Waals surface area contributed by atoms with Gasteiger partial charge in [-0.1, -0.05) is 0 Å². The van der Waals surface area contributed by atoms with E-state index in [0.29, 0.717) is 12.0 Å². The van der Waals surface area contributed by atoms with Gasteiger partial charge in [0, 0.05) is 14.1 Å². The lowest BCUT2D eigenvalue weighted by Gasteiger charge is -2.11. The van der Waals surface area contributed by atoms with Crippen molar-refractivity contribution in [3.8, 4) is 6.07 Å². The second kappa shape index (κ2) is 6.21. The summed E-state index contributed by atoms with van der Waals surface area (Å²) < 4.78 is 1.76. The lowest BCUT2D eigenvalue weighted by Crippen LogP contribution is -2.32. The van der Waals surface area contributed by atoms with E-state index >= 15 is 0 Å². The SMILES string of the molecule is CC(CC#N)NC(=O)c1cc(I)ccc1Br. The largest absolute Gasteiger partial charge is 0.349 e. The van der Waals surface area contributed by atoms with Crippen molar-refractivity contribution in [2.24, 2.45) is 0 Å². The molecule has 0 bridgehead atoms. The summed E-state index contributed by atoms with van der Waals surface area (Å²) in [5.74, 6) is -0.159. The van der Waals surface area contributed by atoms with Crippen LogP contribution in [-0.2, 0) is 0 Å². The number of halogens is 2. The highest BCUT2D eigenvalue weighted by atomic mass is 127. The van der Waals surface area contributed by atoms with Crippen LogP contribution >= 0.6 is 38.5 Å². The van der Waals surface area contributed by atoms with Crippen molar-refractivity contribution < 1.29 is 4.79 Å². The molecule has 5 heteroatoms. The first-order valence-electron chi connectivity index (χ1n) is 4.67. The van der Waals surface area contributed by atoms with Crippen LogP contribution in [0.2, 0.25) is 0 Å². The molecule has 1 aromatic rings. The number of carbonyl (C=O) groups excluding carboxylic acids is 1. The van der Waals surface area contributed by atoms with Crippen LogP contribution in [0.15, 0.2) is 22.7 Å². The third kappa shape index (κ3) is 3.76. The number of amides is 1. The van der Waals surface area contributed by atoms with E-state index in [1.807, 2.05) is 25.1 Å². The quantitative estimate of drug-likeness (QED) is 0.803. The normalized spacial score (nSPS) is 11.6. The van der Waals surface area contributed by atoms with Gasteiger partial charge in [0.15, 0.2) is 0 Å². The Morgan fingerprint density at radius 1 is 1.69 bits per heavy atom. The summed E-state index contributed by atoms with van der Waals surface area (Å²) in [4.78, 5) is 11.8. The van der Waals surface area contributed by atoms with Crippen LogP contribution in [0.3, 0.4) is 0 Å². The molecule has 1 unspecified atom stereocenters. The van der Waals surface area contributed by atoms with Crippen molar-refractivity contribution >= 4 is 44.4 Å². The standard InChI is InChI=1S/C11H10BrIN2O/c1-7(4-5-14)15-11(16)9-6-8(13)2-3-10(9)12/h2-3,6-7H,4H2,1H3,(H,15,16). The minimum absolute atomic E-state index is 0.137. The Kier molecular flexibility index (Phi) is 5.22. The second-order valence-corrected chi connectivity index (χ2v) is 5.46. The molecule has 0 saturated carbocycles. The molecule has 0 aliphatic rings. The fraction of sp³-hybridized carbons (Fsp3) is 0.273. The van der Waals surface area contributed by atoms with Crippen LogP contribution in [0.1, 0.15) is 23.7 Å². The van der Waals surface area contributed by atoms with Crippen LogP contribution in [-0.4, -0.2) is 11.9 Å². The number of rotatable bonds is 3. The Morgan fingerprint density at radius 3 is 3.00 bits per heavy atom. The van der Waals surface area contributed by atoms with E-state index in [4.69, 9.17) is 5.26 Å². The maximum atomic E-state index is 11.8. The van der Waals surface area contributed by atoms with Gasteiger partial charge in [0.1, 0.15) is 0 Å². The first kappa shape index (κ1) is 13.5. The molecule has 0 fully saturated rings. The Balaban J connectivity index is 2.81. The Morgan fingerprint density at radius 2 is 2.38 bits per heavy atom. The molecular weight excluding hydrogens is 383 g/mol. The number of benzene rings is 1. The van der Waals surface area contributed by atoms with Crippen LogP contribution in [0.4, 0.5) is 0 Å². The molecule has 1 N–H and O–H groups in total. The number of nitrogens with zero attached hydrogens (tertiary/aromatic N) is 1. The highest BCUT2D eigenvalue weighted by Crippen LogP contribution is 2.19. The lowest BCUT2D eigenvalue weighted by atomic mass is 10.2. The molecule has 0 radical (unpaired) electrons. The monoisotopic (exact) mass is 392 g/mol. The molecule has 1 rings (SSSR count). The van der Waals surface area contributed by atoms with E-state index in [0.717, 1.165) is 8.04 Å². The number of nitriles is 1. The molecule has 0 saturated heterocycles. The van der Waals surface area contributed by atoms with Crippen molar-refractivity contribution in [1.29, 1.82) is 5.26 Å². The van der Waals surface area contributed by atoms with Gasteiger partial charge in [0.2, 0.25) is 0 Å². The molecule has 1 amide bonds. The van der Waals surface area contributed by atoms with E-state index in [2.05, 4.69) is 43.8 Å². The fourth-order valence-electron chi connectivity index (χ4n) is 1.16. The summed E-state index contributed by atoms with van der Waals surface area (Å²) in [6.45, 7) is 1.81. The Hall–Kier alpha value is -0.610. The van der Waals surface area contributed by atoms with Gasteiger partial charge < -0.3 is 5.32 Å². The highest BCUT2D eigenvalue weighted by Gasteiger charge is 2.12. The number of hydrogen-bond donors (Lipinski definition) is 1. The molecule has 3 nitrogen and oxygen atoms in total. The Labute approximate surface area is 116 Å². The summed E-state index contributed by atoms with van der Waals surface area (Å²) in [6.07, 6.45) is 0.313. The molecule has 0 heterocycles. The molecular formula is C11H10BrIN2O. The van der Waals surface area contributed by atoms with Gasteiger partial charge >= 0.3 is 0 Å². The maximum absolute atomic E-state index is 11.8. The molecule has 0 aromatic heterocycles. The molecule has 1 atom stereocenters. The average molecular weight is 393 g/mol. The predicted octanol–water partition coefficient (Wildman–Crippen LogP) is 3.09. The van der Waals surface area contributed by atoms with Gasteiger partial charge in [-0.15, -0.1) is 0 Å². The molecule has 84 valence electrons. The second-order valence-electron chi connectivity index (χ2n) is 3.36. The van der Waals surface area contributed by atoms with Gasteiger partial charge in [-0.25, -0.2) is 0 Å².